The molecule has 0 aromatic heterocycles. The molecular formula is C27H37NO17. The maximum absolute atomic E-state index is 13.7. The van der Waals surface area contributed by atoms with Crippen LogP contribution in [0.1, 0.15) is 20.7 Å². The Balaban J connectivity index is 1.55. The van der Waals surface area contributed by atoms with Crippen molar-refractivity contribution in [2.75, 3.05) is 26.9 Å². The Labute approximate surface area is 255 Å². The van der Waals surface area contributed by atoms with E-state index in [0.29, 0.717) is 4.90 Å². The van der Waals surface area contributed by atoms with Gasteiger partial charge in [0, 0.05) is 7.11 Å². The van der Waals surface area contributed by atoms with Gasteiger partial charge in [0.2, 0.25) is 0 Å². The average Bonchev–Trinajstić information content (AvgIpc) is 3.29. The molecule has 0 unspecified atom stereocenters. The number of methoxy groups -OCH3 is 1. The molecule has 2 amide bonds. The normalized spacial score (nSPS) is 43.9. The fourth-order valence-corrected chi connectivity index (χ4v) is 5.95. The van der Waals surface area contributed by atoms with Crippen LogP contribution in [0, 0.1) is 0 Å². The van der Waals surface area contributed by atoms with E-state index in [4.69, 9.17) is 28.4 Å². The van der Waals surface area contributed by atoms with Crippen LogP contribution in [0.2, 0.25) is 0 Å². The van der Waals surface area contributed by atoms with Crippen LogP contribution in [0.15, 0.2) is 24.3 Å². The molecule has 15 atom stereocenters. The van der Waals surface area contributed by atoms with E-state index in [0.717, 1.165) is 0 Å². The van der Waals surface area contributed by atoms with E-state index >= 15 is 0 Å². The number of hydrogen-bond donors (Lipinski definition) is 9. The second-order valence-corrected chi connectivity index (χ2v) is 11.1. The van der Waals surface area contributed by atoms with Gasteiger partial charge in [0.05, 0.1) is 30.9 Å². The molecule has 9 N–H and O–H groups in total. The van der Waals surface area contributed by atoms with Crippen LogP contribution < -0.4 is 0 Å². The minimum atomic E-state index is -1.97. The molecule has 0 bridgehead atoms. The Kier molecular flexibility index (Phi) is 10.5. The molecule has 0 spiro atoms. The smallest absolute Gasteiger partial charge is 0.262 e. The monoisotopic (exact) mass is 647 g/mol. The third-order valence-electron chi connectivity index (χ3n) is 8.43. The lowest BCUT2D eigenvalue weighted by Crippen LogP contribution is -2.70. The molecule has 3 saturated heterocycles. The van der Waals surface area contributed by atoms with E-state index < -0.39 is 124 Å². The first kappa shape index (κ1) is 34.1. The summed E-state index contributed by atoms with van der Waals surface area (Å²) < 4.78 is 33.8. The summed E-state index contributed by atoms with van der Waals surface area (Å²) >= 11 is 0. The summed E-state index contributed by atoms with van der Waals surface area (Å²) in [6.07, 6.45) is -23.9. The number of ether oxygens (including phenoxy) is 6. The largest absolute Gasteiger partial charge is 0.394 e. The molecule has 4 aliphatic heterocycles. The standard InChI is InChI=1S/C27H37NO17/c1-40-27-22(19(36)16(33)12(7-30)43-27)45-25-14(28-23(38)9-4-2-3-5-10(9)24(28)39)21(17(34)13(8-31)41-25)44-26-20(37)18(35)15(32)11(6-29)42-26/h2-5,11-22,25-27,29-37H,6-8H2,1H3/t11-,12-,13-,14-,15+,16-,17-,18+,19+,20-,21-,22+,25+,26-,27-/m1/s1. The first-order valence-electron chi connectivity index (χ1n) is 14.2. The van der Waals surface area contributed by atoms with E-state index in [1.54, 1.807) is 0 Å². The number of amides is 2. The number of aliphatic hydroxyl groups is 9. The number of benzene rings is 1. The predicted molar refractivity (Wildman–Crippen MR) is 141 cm³/mol. The maximum Gasteiger partial charge on any atom is 0.262 e. The fourth-order valence-electron chi connectivity index (χ4n) is 5.95. The Morgan fingerprint density at radius 2 is 1.09 bits per heavy atom. The molecule has 18 heteroatoms. The van der Waals surface area contributed by atoms with E-state index in [-0.39, 0.29) is 11.1 Å². The molecule has 3 fully saturated rings. The van der Waals surface area contributed by atoms with Gasteiger partial charge >= 0.3 is 0 Å². The molecule has 1 aromatic rings. The van der Waals surface area contributed by atoms with Gasteiger partial charge < -0.3 is 74.4 Å². The predicted octanol–water partition coefficient (Wildman–Crippen LogP) is -5.61. The molecule has 5 rings (SSSR count). The Hall–Kier alpha value is -2.24. The van der Waals surface area contributed by atoms with E-state index in [1.807, 2.05) is 0 Å². The van der Waals surface area contributed by atoms with Crippen molar-refractivity contribution in [1.82, 2.24) is 4.90 Å². The number of carbonyl (C=O) groups excluding carboxylic acids is 2. The minimum Gasteiger partial charge on any atom is -0.394 e. The first-order chi connectivity index (χ1) is 21.5. The van der Waals surface area contributed by atoms with Gasteiger partial charge in [0.1, 0.15) is 73.2 Å². The van der Waals surface area contributed by atoms with Crippen molar-refractivity contribution in [3.05, 3.63) is 35.4 Å². The Morgan fingerprint density at radius 3 is 1.62 bits per heavy atom. The van der Waals surface area contributed by atoms with Crippen molar-refractivity contribution >= 4 is 11.8 Å². The van der Waals surface area contributed by atoms with Gasteiger partial charge in [-0.3, -0.25) is 14.5 Å². The van der Waals surface area contributed by atoms with Gasteiger partial charge in [-0.1, -0.05) is 12.1 Å². The Morgan fingerprint density at radius 1 is 0.622 bits per heavy atom. The second-order valence-electron chi connectivity index (χ2n) is 11.1. The number of carbonyl (C=O) groups is 2. The highest BCUT2D eigenvalue weighted by Crippen LogP contribution is 2.37. The maximum atomic E-state index is 13.7. The average molecular weight is 648 g/mol. The number of hydrogen-bond acceptors (Lipinski definition) is 17. The molecule has 45 heavy (non-hydrogen) atoms. The van der Waals surface area contributed by atoms with E-state index in [2.05, 4.69) is 0 Å². The van der Waals surface area contributed by atoms with E-state index in [9.17, 15) is 55.5 Å². The quantitative estimate of drug-likeness (QED) is 0.113. The van der Waals surface area contributed by atoms with Crippen LogP contribution in [0.5, 0.6) is 0 Å². The van der Waals surface area contributed by atoms with Crippen LogP contribution >= 0.6 is 0 Å². The van der Waals surface area contributed by atoms with Crippen LogP contribution in [-0.2, 0) is 28.4 Å². The van der Waals surface area contributed by atoms with Gasteiger partial charge in [-0.15, -0.1) is 0 Å². The summed E-state index contributed by atoms with van der Waals surface area (Å²) in [5.74, 6) is -1.75. The summed E-state index contributed by atoms with van der Waals surface area (Å²) in [7, 11) is 1.18. The van der Waals surface area contributed by atoms with Crippen molar-refractivity contribution < 1.29 is 84.0 Å². The summed E-state index contributed by atoms with van der Waals surface area (Å²) in [5.41, 5.74) is -0.0488. The SMILES string of the molecule is CO[C@@H]1O[C@H](CO)[C@@H](O)[C@H](O)[C@@H]1O[C@@H]1O[C@H](CO)[C@@H](O)[C@H](O[C@H]2O[C@H](CO)[C@H](O)[C@H](O)[C@H]2O)[C@H]1N1C(=O)c2ccccc2C1=O. The molecule has 0 radical (unpaired) electrons. The number of nitrogens with zero attached hydrogens (tertiary/aromatic N) is 1. The van der Waals surface area contributed by atoms with Crippen molar-refractivity contribution in [3.63, 3.8) is 0 Å². The first-order valence-corrected chi connectivity index (χ1v) is 14.2. The molecule has 252 valence electrons. The molecule has 0 saturated carbocycles. The van der Waals surface area contributed by atoms with Crippen LogP contribution in [0.4, 0.5) is 0 Å². The molecule has 1 aromatic carbocycles. The molecular weight excluding hydrogens is 610 g/mol. The zero-order valence-corrected chi connectivity index (χ0v) is 23.8. The minimum absolute atomic E-state index is 0.0244. The lowest BCUT2D eigenvalue weighted by molar-refractivity contribution is -0.373. The van der Waals surface area contributed by atoms with Crippen LogP contribution in [-0.4, -0.2) is 182 Å². The third-order valence-corrected chi connectivity index (χ3v) is 8.43. The topological polar surface area (TPSA) is 275 Å². The van der Waals surface area contributed by atoms with Gasteiger partial charge in [-0.2, -0.15) is 0 Å². The van der Waals surface area contributed by atoms with Gasteiger partial charge in [-0.25, -0.2) is 0 Å². The van der Waals surface area contributed by atoms with Crippen LogP contribution in [0.25, 0.3) is 0 Å². The molecule has 18 nitrogen and oxygen atoms in total. The molecule has 0 aliphatic carbocycles. The summed E-state index contributed by atoms with van der Waals surface area (Å²) in [4.78, 5) is 28.0. The van der Waals surface area contributed by atoms with Crippen molar-refractivity contribution in [3.8, 4) is 0 Å². The highest BCUT2D eigenvalue weighted by atomic mass is 16.8. The summed E-state index contributed by atoms with van der Waals surface area (Å²) in [5, 5.41) is 93.2. The number of fused-ring (bicyclic) bond motifs is 1. The number of imide groups is 1. The lowest BCUT2D eigenvalue weighted by Gasteiger charge is -2.50. The molecule has 4 aliphatic rings. The van der Waals surface area contributed by atoms with Crippen molar-refractivity contribution in [2.24, 2.45) is 0 Å². The highest BCUT2D eigenvalue weighted by Gasteiger charge is 2.58. The summed E-state index contributed by atoms with van der Waals surface area (Å²) in [6, 6.07) is 3.99. The lowest BCUT2D eigenvalue weighted by atomic mass is 9.93. The fraction of sp³-hybridized carbons (Fsp3) is 0.704. The van der Waals surface area contributed by atoms with E-state index in [1.165, 1.54) is 31.4 Å². The zero-order chi connectivity index (χ0) is 32.7. The molecule has 4 heterocycles. The van der Waals surface area contributed by atoms with Gasteiger partial charge in [0.15, 0.2) is 18.9 Å². The third kappa shape index (κ3) is 6.02. The highest BCUT2D eigenvalue weighted by molar-refractivity contribution is 6.21. The summed E-state index contributed by atoms with van der Waals surface area (Å²) in [6.45, 7) is -2.39. The second kappa shape index (κ2) is 13.9. The van der Waals surface area contributed by atoms with Gasteiger partial charge in [0.25, 0.3) is 11.8 Å². The number of aliphatic hydroxyl groups excluding tert-OH is 9. The Bertz CT molecular complexity index is 1170. The number of rotatable bonds is 9. The van der Waals surface area contributed by atoms with Crippen molar-refractivity contribution in [2.45, 2.75) is 92.1 Å². The van der Waals surface area contributed by atoms with Gasteiger partial charge in [-0.05, 0) is 12.1 Å². The zero-order valence-electron chi connectivity index (χ0n) is 23.8. The van der Waals surface area contributed by atoms with Crippen LogP contribution in [0.3, 0.4) is 0 Å². The van der Waals surface area contributed by atoms with Crippen molar-refractivity contribution in [1.29, 1.82) is 0 Å².